The number of Topliss-reactive ketones (excluding diaryl/α,β-unsaturated/α-hetero) is 1. The van der Waals surface area contributed by atoms with Gasteiger partial charge in [-0.3, -0.25) is 14.5 Å². The van der Waals surface area contributed by atoms with E-state index in [1.54, 1.807) is 60.7 Å². The molecule has 1 atom stereocenters. The Balaban J connectivity index is 1.97. The van der Waals surface area contributed by atoms with Gasteiger partial charge in [-0.25, -0.2) is 4.39 Å². The Morgan fingerprint density at radius 1 is 0.897 bits per heavy atom. The lowest BCUT2D eigenvalue weighted by molar-refractivity contribution is -0.132. The van der Waals surface area contributed by atoms with Crippen molar-refractivity contribution < 1.29 is 19.1 Å². The maximum Gasteiger partial charge on any atom is 0.300 e. The first-order valence-corrected chi connectivity index (χ1v) is 9.64. The molecule has 1 saturated heterocycles. The first kappa shape index (κ1) is 19.1. The van der Waals surface area contributed by atoms with E-state index >= 15 is 0 Å². The van der Waals surface area contributed by atoms with Crippen LogP contribution in [0.5, 0.6) is 0 Å². The first-order valence-electron chi connectivity index (χ1n) is 8.85. The summed E-state index contributed by atoms with van der Waals surface area (Å²) in [6.45, 7) is 0. The molecule has 6 heteroatoms. The van der Waals surface area contributed by atoms with E-state index in [0.717, 1.165) is 4.47 Å². The lowest BCUT2D eigenvalue weighted by Gasteiger charge is -2.25. The van der Waals surface area contributed by atoms with Gasteiger partial charge in [0.25, 0.3) is 11.7 Å². The second-order valence-electron chi connectivity index (χ2n) is 6.53. The number of hydrogen-bond acceptors (Lipinski definition) is 3. The lowest BCUT2D eigenvalue weighted by Crippen LogP contribution is -2.29. The van der Waals surface area contributed by atoms with Crippen LogP contribution in [0, 0.1) is 5.82 Å². The van der Waals surface area contributed by atoms with Gasteiger partial charge in [0.1, 0.15) is 11.6 Å². The molecular weight excluding hydrogens is 437 g/mol. The van der Waals surface area contributed by atoms with Crippen molar-refractivity contribution in [2.24, 2.45) is 0 Å². The number of aliphatic hydroxyl groups is 1. The molecule has 0 radical (unpaired) electrons. The fourth-order valence-electron chi connectivity index (χ4n) is 3.44. The zero-order valence-electron chi connectivity index (χ0n) is 15.0. The van der Waals surface area contributed by atoms with Crippen LogP contribution in [0.1, 0.15) is 17.2 Å². The zero-order valence-corrected chi connectivity index (χ0v) is 16.6. The van der Waals surface area contributed by atoms with Crippen molar-refractivity contribution in [3.8, 4) is 0 Å². The summed E-state index contributed by atoms with van der Waals surface area (Å²) in [5, 5.41) is 10.9. The molecule has 4 rings (SSSR count). The van der Waals surface area contributed by atoms with Gasteiger partial charge in [0.15, 0.2) is 0 Å². The fourth-order valence-corrected chi connectivity index (χ4v) is 3.71. The second-order valence-corrected chi connectivity index (χ2v) is 7.45. The Bertz CT molecular complexity index is 1130. The molecular formula is C23H15BrFNO3. The van der Waals surface area contributed by atoms with Crippen LogP contribution in [0.25, 0.3) is 5.76 Å². The van der Waals surface area contributed by atoms with Crippen LogP contribution in [0.2, 0.25) is 0 Å². The smallest absolute Gasteiger partial charge is 0.300 e. The van der Waals surface area contributed by atoms with Gasteiger partial charge in [0.2, 0.25) is 0 Å². The molecule has 0 aliphatic carbocycles. The van der Waals surface area contributed by atoms with Crippen molar-refractivity contribution >= 4 is 39.1 Å². The molecule has 0 aromatic heterocycles. The summed E-state index contributed by atoms with van der Waals surface area (Å²) in [6.07, 6.45) is 0. The van der Waals surface area contributed by atoms with E-state index in [0.29, 0.717) is 11.3 Å². The molecule has 3 aromatic rings. The minimum absolute atomic E-state index is 0.132. The van der Waals surface area contributed by atoms with Gasteiger partial charge in [-0.2, -0.15) is 0 Å². The van der Waals surface area contributed by atoms with Crippen molar-refractivity contribution in [2.45, 2.75) is 6.04 Å². The molecule has 4 nitrogen and oxygen atoms in total. The number of carbonyl (C=O) groups is 2. The molecule has 0 saturated carbocycles. The predicted molar refractivity (Wildman–Crippen MR) is 112 cm³/mol. The number of anilines is 1. The number of ketones is 1. The van der Waals surface area contributed by atoms with Crippen LogP contribution in [0.15, 0.2) is 88.9 Å². The Morgan fingerprint density at radius 2 is 1.52 bits per heavy atom. The average molecular weight is 452 g/mol. The lowest BCUT2D eigenvalue weighted by atomic mass is 9.95. The molecule has 1 N–H and O–H groups in total. The van der Waals surface area contributed by atoms with Crippen LogP contribution in [0.4, 0.5) is 10.1 Å². The Labute approximate surface area is 175 Å². The summed E-state index contributed by atoms with van der Waals surface area (Å²) >= 11 is 3.34. The molecule has 0 spiro atoms. The van der Waals surface area contributed by atoms with Gasteiger partial charge < -0.3 is 5.11 Å². The molecule has 1 unspecified atom stereocenters. The number of halogens is 2. The number of nitrogens with zero attached hydrogens (tertiary/aromatic N) is 1. The van der Waals surface area contributed by atoms with Crippen molar-refractivity contribution in [2.75, 3.05) is 4.90 Å². The Morgan fingerprint density at radius 3 is 2.17 bits per heavy atom. The highest BCUT2D eigenvalue weighted by Gasteiger charge is 2.47. The summed E-state index contributed by atoms with van der Waals surface area (Å²) in [6, 6.07) is 20.0. The SMILES string of the molecule is O=C1C(=O)N(c2ccc(Br)cc2)C(c2ccccc2F)C1=C(O)c1ccccc1. The van der Waals surface area contributed by atoms with Crippen molar-refractivity contribution in [3.63, 3.8) is 0 Å². The first-order chi connectivity index (χ1) is 14.0. The Kier molecular flexibility index (Phi) is 5.03. The van der Waals surface area contributed by atoms with E-state index in [1.165, 1.54) is 23.1 Å². The maximum absolute atomic E-state index is 14.7. The summed E-state index contributed by atoms with van der Waals surface area (Å²) < 4.78 is 15.5. The van der Waals surface area contributed by atoms with Crippen LogP contribution < -0.4 is 4.90 Å². The highest BCUT2D eigenvalue weighted by Crippen LogP contribution is 2.42. The highest BCUT2D eigenvalue weighted by atomic mass is 79.9. The summed E-state index contributed by atoms with van der Waals surface area (Å²) in [7, 11) is 0. The van der Waals surface area contributed by atoms with E-state index in [2.05, 4.69) is 15.9 Å². The number of rotatable bonds is 3. The molecule has 0 bridgehead atoms. The predicted octanol–water partition coefficient (Wildman–Crippen LogP) is 5.21. The molecule has 144 valence electrons. The van der Waals surface area contributed by atoms with E-state index < -0.39 is 23.5 Å². The largest absolute Gasteiger partial charge is 0.507 e. The van der Waals surface area contributed by atoms with Gasteiger partial charge in [-0.05, 0) is 30.3 Å². The van der Waals surface area contributed by atoms with Crippen molar-refractivity contribution in [3.05, 3.63) is 106 Å². The fraction of sp³-hybridized carbons (Fsp3) is 0.0435. The van der Waals surface area contributed by atoms with E-state index in [9.17, 15) is 19.1 Å². The number of benzene rings is 3. The van der Waals surface area contributed by atoms with Gasteiger partial charge in [0, 0.05) is 21.3 Å². The third kappa shape index (κ3) is 3.36. The van der Waals surface area contributed by atoms with Gasteiger partial charge in [0.05, 0.1) is 11.6 Å². The molecule has 1 fully saturated rings. The van der Waals surface area contributed by atoms with Crippen LogP contribution in [-0.2, 0) is 9.59 Å². The minimum atomic E-state index is -1.09. The van der Waals surface area contributed by atoms with Crippen LogP contribution in [-0.4, -0.2) is 16.8 Å². The number of amides is 1. The topological polar surface area (TPSA) is 57.6 Å². The van der Waals surface area contributed by atoms with Crippen molar-refractivity contribution in [1.29, 1.82) is 0 Å². The quantitative estimate of drug-likeness (QED) is 0.337. The molecule has 3 aromatic carbocycles. The van der Waals surface area contributed by atoms with Gasteiger partial charge >= 0.3 is 0 Å². The monoisotopic (exact) mass is 451 g/mol. The van der Waals surface area contributed by atoms with Crippen LogP contribution >= 0.6 is 15.9 Å². The minimum Gasteiger partial charge on any atom is -0.507 e. The number of hydrogen-bond donors (Lipinski definition) is 1. The normalized spacial score (nSPS) is 18.3. The Hall–Kier alpha value is -3.25. The zero-order chi connectivity index (χ0) is 20.5. The van der Waals surface area contributed by atoms with Gasteiger partial charge in [-0.1, -0.05) is 64.5 Å². The third-order valence-electron chi connectivity index (χ3n) is 4.80. The van der Waals surface area contributed by atoms with Crippen molar-refractivity contribution in [1.82, 2.24) is 0 Å². The van der Waals surface area contributed by atoms with E-state index in [1.807, 2.05) is 0 Å². The summed E-state index contributed by atoms with van der Waals surface area (Å²) in [5.41, 5.74) is 0.791. The molecule has 1 heterocycles. The summed E-state index contributed by atoms with van der Waals surface area (Å²) in [4.78, 5) is 27.1. The molecule has 1 aliphatic rings. The molecule has 1 amide bonds. The van der Waals surface area contributed by atoms with Crippen LogP contribution in [0.3, 0.4) is 0 Å². The molecule has 29 heavy (non-hydrogen) atoms. The molecule has 1 aliphatic heterocycles. The highest BCUT2D eigenvalue weighted by molar-refractivity contribution is 9.10. The summed E-state index contributed by atoms with van der Waals surface area (Å²) in [5.74, 6) is -2.59. The van der Waals surface area contributed by atoms with E-state index in [4.69, 9.17) is 0 Å². The van der Waals surface area contributed by atoms with Gasteiger partial charge in [-0.15, -0.1) is 0 Å². The standard InChI is InChI=1S/C23H15BrFNO3/c24-15-10-12-16(13-11-15)26-20(17-8-4-5-9-18(17)25)19(22(28)23(26)29)21(27)14-6-2-1-3-7-14/h1-13,20,27H. The maximum atomic E-state index is 14.7. The number of aliphatic hydroxyl groups excluding tert-OH is 1. The van der Waals surface area contributed by atoms with E-state index in [-0.39, 0.29) is 16.9 Å². The average Bonchev–Trinajstić information content (AvgIpc) is 3.00. The number of carbonyl (C=O) groups excluding carboxylic acids is 2. The third-order valence-corrected chi connectivity index (χ3v) is 5.32. The second kappa shape index (κ2) is 7.64.